The summed E-state index contributed by atoms with van der Waals surface area (Å²) in [4.78, 5) is 18.4. The molecule has 1 N–H and O–H groups in total. The molecule has 0 amide bonds. The normalized spacial score (nSPS) is 14.3. The van der Waals surface area contributed by atoms with Gasteiger partial charge in [0.15, 0.2) is 0 Å². The maximum atomic E-state index is 10.9. The highest BCUT2D eigenvalue weighted by molar-refractivity contribution is 5.59. The molecule has 2 aromatic rings. The van der Waals surface area contributed by atoms with E-state index in [0.717, 1.165) is 5.69 Å². The van der Waals surface area contributed by atoms with Crippen molar-refractivity contribution in [1.29, 1.82) is 5.26 Å². The van der Waals surface area contributed by atoms with Gasteiger partial charge in [0.05, 0.1) is 10.6 Å². The number of para-hydroxylation sites is 2. The molecule has 3 rings (SSSR count). The Morgan fingerprint density at radius 2 is 1.79 bits per heavy atom. The Labute approximate surface area is 138 Å². The van der Waals surface area contributed by atoms with Crippen molar-refractivity contribution in [3.8, 4) is 11.8 Å². The second-order valence-corrected chi connectivity index (χ2v) is 5.37. The van der Waals surface area contributed by atoms with Gasteiger partial charge in [-0.3, -0.25) is 10.1 Å². The van der Waals surface area contributed by atoms with Crippen molar-refractivity contribution in [3.63, 3.8) is 0 Å². The first kappa shape index (κ1) is 15.6. The van der Waals surface area contributed by atoms with Crippen LogP contribution >= 0.6 is 0 Å². The van der Waals surface area contributed by atoms with Crippen LogP contribution in [0.2, 0.25) is 0 Å². The first-order valence-electron chi connectivity index (χ1n) is 7.43. The molecular weight excluding hydrogens is 310 g/mol. The van der Waals surface area contributed by atoms with Crippen molar-refractivity contribution < 1.29 is 10.0 Å². The highest BCUT2D eigenvalue weighted by Gasteiger charge is 2.22. The molecule has 1 aromatic carbocycles. The molecule has 0 bridgehead atoms. The highest BCUT2D eigenvalue weighted by Crippen LogP contribution is 2.28. The van der Waals surface area contributed by atoms with Crippen LogP contribution in [0.4, 0.5) is 17.2 Å². The number of phenolic OH excluding ortho intramolecular Hbond substituents is 1. The lowest BCUT2D eigenvalue weighted by atomic mass is 10.2. The Morgan fingerprint density at radius 3 is 2.42 bits per heavy atom. The van der Waals surface area contributed by atoms with Gasteiger partial charge >= 0.3 is 5.69 Å². The number of nitrogens with zero attached hydrogens (tertiary/aromatic N) is 5. The fourth-order valence-electron chi connectivity index (χ4n) is 2.76. The fourth-order valence-corrected chi connectivity index (χ4v) is 2.76. The molecule has 1 aromatic heterocycles. The number of hydrogen-bond donors (Lipinski definition) is 1. The third-order valence-corrected chi connectivity index (χ3v) is 3.99. The monoisotopic (exact) mass is 325 g/mol. The number of piperazine rings is 1. The van der Waals surface area contributed by atoms with E-state index in [0.29, 0.717) is 32.0 Å². The van der Waals surface area contributed by atoms with Gasteiger partial charge in [-0.05, 0) is 18.2 Å². The third kappa shape index (κ3) is 2.92. The molecule has 2 heterocycles. The average Bonchev–Trinajstić information content (AvgIpc) is 2.61. The molecule has 0 atom stereocenters. The van der Waals surface area contributed by atoms with Crippen LogP contribution in [0.15, 0.2) is 36.4 Å². The van der Waals surface area contributed by atoms with E-state index in [1.54, 1.807) is 24.3 Å². The van der Waals surface area contributed by atoms with Crippen LogP contribution in [-0.4, -0.2) is 41.2 Å². The lowest BCUT2D eigenvalue weighted by Crippen LogP contribution is -2.46. The summed E-state index contributed by atoms with van der Waals surface area (Å²) in [6, 6.07) is 11.8. The number of hydrogen-bond acceptors (Lipinski definition) is 7. The van der Waals surface area contributed by atoms with E-state index in [1.807, 2.05) is 17.0 Å². The van der Waals surface area contributed by atoms with Gasteiger partial charge < -0.3 is 14.9 Å². The zero-order chi connectivity index (χ0) is 17.1. The lowest BCUT2D eigenvalue weighted by Gasteiger charge is -2.36. The summed E-state index contributed by atoms with van der Waals surface area (Å²) < 4.78 is 0. The van der Waals surface area contributed by atoms with Crippen molar-refractivity contribution in [2.45, 2.75) is 0 Å². The SMILES string of the molecule is N#Cc1nc(N2CCN(c3ccccc3O)CC2)ccc1[N+](=O)[O-]. The number of aromatic nitrogens is 1. The molecule has 1 fully saturated rings. The Morgan fingerprint density at radius 1 is 1.12 bits per heavy atom. The van der Waals surface area contributed by atoms with Crippen molar-refractivity contribution >= 4 is 17.2 Å². The minimum absolute atomic E-state index is 0.180. The number of pyridine rings is 1. The Bertz CT molecular complexity index is 810. The standard InChI is InChI=1S/C16H15N5O3/c17-11-12-13(21(23)24)5-6-16(18-12)20-9-7-19(8-10-20)14-3-1-2-4-15(14)22/h1-6,22H,7-10H2. The Hall–Kier alpha value is -3.34. The number of aromatic hydroxyl groups is 1. The average molecular weight is 325 g/mol. The predicted octanol–water partition coefficient (Wildman–Crippen LogP) is 1.89. The highest BCUT2D eigenvalue weighted by atomic mass is 16.6. The van der Waals surface area contributed by atoms with Gasteiger partial charge in [-0.1, -0.05) is 12.1 Å². The van der Waals surface area contributed by atoms with E-state index in [2.05, 4.69) is 9.88 Å². The number of nitro groups is 1. The molecule has 0 spiro atoms. The predicted molar refractivity (Wildman–Crippen MR) is 88.1 cm³/mol. The van der Waals surface area contributed by atoms with Gasteiger partial charge in [-0.15, -0.1) is 0 Å². The molecule has 1 aliphatic rings. The molecule has 0 aliphatic carbocycles. The second-order valence-electron chi connectivity index (χ2n) is 5.37. The van der Waals surface area contributed by atoms with E-state index in [1.165, 1.54) is 6.07 Å². The largest absolute Gasteiger partial charge is 0.506 e. The van der Waals surface area contributed by atoms with Crippen molar-refractivity contribution in [2.24, 2.45) is 0 Å². The summed E-state index contributed by atoms with van der Waals surface area (Å²) in [6.07, 6.45) is 0. The quantitative estimate of drug-likeness (QED) is 0.678. The number of benzene rings is 1. The molecule has 0 saturated carbocycles. The number of anilines is 2. The molecule has 24 heavy (non-hydrogen) atoms. The summed E-state index contributed by atoms with van der Waals surface area (Å²) in [6.45, 7) is 2.64. The molecular formula is C16H15N5O3. The molecule has 8 heteroatoms. The van der Waals surface area contributed by atoms with Gasteiger partial charge in [-0.25, -0.2) is 4.98 Å². The third-order valence-electron chi connectivity index (χ3n) is 3.99. The number of rotatable bonds is 3. The van der Waals surface area contributed by atoms with E-state index in [4.69, 9.17) is 5.26 Å². The van der Waals surface area contributed by atoms with E-state index >= 15 is 0 Å². The zero-order valence-corrected chi connectivity index (χ0v) is 12.8. The first-order chi connectivity index (χ1) is 11.6. The van der Waals surface area contributed by atoms with Crippen LogP contribution in [-0.2, 0) is 0 Å². The molecule has 122 valence electrons. The van der Waals surface area contributed by atoms with Gasteiger partial charge in [0.1, 0.15) is 17.6 Å². The molecule has 0 radical (unpaired) electrons. The number of nitriles is 1. The van der Waals surface area contributed by atoms with Gasteiger partial charge in [0, 0.05) is 32.2 Å². The molecule has 8 nitrogen and oxygen atoms in total. The summed E-state index contributed by atoms with van der Waals surface area (Å²) >= 11 is 0. The summed E-state index contributed by atoms with van der Waals surface area (Å²) in [5, 5.41) is 29.8. The van der Waals surface area contributed by atoms with Gasteiger partial charge in [-0.2, -0.15) is 5.26 Å². The topological polar surface area (TPSA) is 107 Å². The summed E-state index contributed by atoms with van der Waals surface area (Å²) in [5.74, 6) is 0.792. The van der Waals surface area contributed by atoms with Crippen LogP contribution in [0.25, 0.3) is 0 Å². The molecule has 0 unspecified atom stereocenters. The van der Waals surface area contributed by atoms with Crippen LogP contribution < -0.4 is 9.80 Å². The number of phenols is 1. The minimum Gasteiger partial charge on any atom is -0.506 e. The first-order valence-corrected chi connectivity index (χ1v) is 7.43. The van der Waals surface area contributed by atoms with Crippen molar-refractivity contribution in [3.05, 3.63) is 52.2 Å². The van der Waals surface area contributed by atoms with E-state index in [9.17, 15) is 15.2 Å². The fraction of sp³-hybridized carbons (Fsp3) is 0.250. The summed E-state index contributed by atoms with van der Waals surface area (Å²) in [5.41, 5.74) is 0.321. The lowest BCUT2D eigenvalue weighted by molar-refractivity contribution is -0.385. The Kier molecular flexibility index (Phi) is 4.16. The zero-order valence-electron chi connectivity index (χ0n) is 12.8. The minimum atomic E-state index is -0.606. The summed E-state index contributed by atoms with van der Waals surface area (Å²) in [7, 11) is 0. The second kappa shape index (κ2) is 6.42. The smallest absolute Gasteiger partial charge is 0.305 e. The van der Waals surface area contributed by atoms with Gasteiger partial charge in [0.25, 0.3) is 0 Å². The van der Waals surface area contributed by atoms with Crippen LogP contribution in [0.5, 0.6) is 5.75 Å². The maximum Gasteiger partial charge on any atom is 0.305 e. The Balaban J connectivity index is 1.74. The van der Waals surface area contributed by atoms with Crippen molar-refractivity contribution in [2.75, 3.05) is 36.0 Å². The van der Waals surface area contributed by atoms with E-state index < -0.39 is 4.92 Å². The van der Waals surface area contributed by atoms with Crippen LogP contribution in [0.3, 0.4) is 0 Å². The molecule has 1 aliphatic heterocycles. The van der Waals surface area contributed by atoms with Gasteiger partial charge in [0.2, 0.25) is 5.69 Å². The van der Waals surface area contributed by atoms with Crippen LogP contribution in [0.1, 0.15) is 5.69 Å². The van der Waals surface area contributed by atoms with Crippen LogP contribution in [0, 0.1) is 21.4 Å². The molecule has 1 saturated heterocycles. The van der Waals surface area contributed by atoms with Crippen molar-refractivity contribution in [1.82, 2.24) is 4.98 Å². The van der Waals surface area contributed by atoms with E-state index in [-0.39, 0.29) is 17.1 Å². The maximum absolute atomic E-state index is 10.9.